The predicted octanol–water partition coefficient (Wildman–Crippen LogP) is 16.3. The van der Waals surface area contributed by atoms with Crippen LogP contribution in [0.25, 0.3) is 0 Å². The first-order valence-corrected chi connectivity index (χ1v) is 29.3. The standard InChI is InChI=1S/2C15H23N.C14H21N.2C11H23N/c1-11(2)14-7-5-6-13-10-16(12(3)4)9-8-15(13)14;1-11(2)15-10-16(12(3)4)9-13-7-5-6-8-14(13)15;1-10(2)13-7-5-6-12-8-15(11(3)4)9-14(12)13;1-9(2)11-5-7-12(8-6-11)10(3)4;1-9(2)11-6-5-7-12(8-11)10(3)4/h5-7,11-12H,8-10H2,1-4H3;5-8,11-12,15H,9-10H2,1-4H3;5-7,10-11H,8-9H2,1-4H3;2*9-11H,5-8H2,1-4H3/i9T;;;;. The molecule has 3 aromatic rings. The molecule has 0 spiro atoms. The molecule has 0 amide bonds. The zero-order valence-electron chi connectivity index (χ0n) is 51.0. The lowest BCUT2D eigenvalue weighted by Crippen LogP contribution is -2.41. The van der Waals surface area contributed by atoms with Crippen molar-refractivity contribution < 1.29 is 1.37 Å². The van der Waals surface area contributed by atoms with Crippen LogP contribution in [0.3, 0.4) is 0 Å². The van der Waals surface area contributed by atoms with Crippen LogP contribution in [-0.2, 0) is 32.6 Å². The van der Waals surface area contributed by atoms with Crippen LogP contribution in [0, 0.1) is 29.6 Å². The van der Waals surface area contributed by atoms with Crippen molar-refractivity contribution in [2.24, 2.45) is 29.6 Å². The molecule has 2 saturated heterocycles. The summed E-state index contributed by atoms with van der Waals surface area (Å²) >= 11 is 0. The van der Waals surface area contributed by atoms with E-state index in [4.69, 9.17) is 1.37 Å². The Kier molecular flexibility index (Phi) is 24.7. The smallest absolute Gasteiger partial charge is 0.0434 e. The fourth-order valence-corrected chi connectivity index (χ4v) is 11.6. The molecule has 0 N–H and O–H groups in total. The average molecular weight is 979 g/mol. The highest BCUT2D eigenvalue weighted by atomic mass is 15.2. The molecule has 71 heavy (non-hydrogen) atoms. The summed E-state index contributed by atoms with van der Waals surface area (Å²) in [6.45, 7) is 56.6. The van der Waals surface area contributed by atoms with Gasteiger partial charge in [-0.05, 0) is 213 Å². The quantitative estimate of drug-likeness (QED) is 0.201. The van der Waals surface area contributed by atoms with Crippen molar-refractivity contribution in [3.05, 3.63) is 105 Å². The maximum absolute atomic E-state index is 8.25. The molecule has 0 radical (unpaired) electrons. The van der Waals surface area contributed by atoms with Crippen molar-refractivity contribution in [3.63, 3.8) is 0 Å². The van der Waals surface area contributed by atoms with E-state index in [1.165, 1.54) is 91.8 Å². The maximum Gasteiger partial charge on any atom is 0.0434 e. The average Bonchev–Trinajstić information content (AvgIpc) is 3.79. The molecule has 0 aliphatic carbocycles. The van der Waals surface area contributed by atoms with Gasteiger partial charge in [0.05, 0.1) is 0 Å². The second kappa shape index (κ2) is 29.5. The summed E-state index contributed by atoms with van der Waals surface area (Å²) in [4.78, 5) is 12.6. The lowest BCUT2D eigenvalue weighted by molar-refractivity contribution is 0.117. The summed E-state index contributed by atoms with van der Waals surface area (Å²) in [6, 6.07) is 25.6. The molecule has 3 atom stereocenters. The topological polar surface area (TPSA) is 16.2 Å². The Morgan fingerprint density at radius 2 is 0.887 bits per heavy atom. The first kappa shape index (κ1) is 59.3. The maximum atomic E-state index is 8.25. The second-order valence-electron chi connectivity index (χ2n) is 25.4. The van der Waals surface area contributed by atoms with E-state index in [0.29, 0.717) is 35.9 Å². The van der Waals surface area contributed by atoms with Crippen LogP contribution in [0.1, 0.15) is 228 Å². The number of piperidine rings is 2. The van der Waals surface area contributed by atoms with E-state index in [9.17, 15) is 0 Å². The van der Waals surface area contributed by atoms with Gasteiger partial charge in [-0.2, -0.15) is 0 Å². The van der Waals surface area contributed by atoms with Crippen LogP contribution in [-0.4, -0.2) is 94.0 Å². The first-order chi connectivity index (χ1) is 33.9. The van der Waals surface area contributed by atoms with Gasteiger partial charge in [-0.1, -0.05) is 130 Å². The van der Waals surface area contributed by atoms with Gasteiger partial charge in [0.2, 0.25) is 0 Å². The number of nitrogens with zero attached hydrogens (tertiary/aromatic N) is 5. The number of benzene rings is 3. The van der Waals surface area contributed by atoms with Gasteiger partial charge in [0, 0.05) is 77.4 Å². The van der Waals surface area contributed by atoms with Crippen molar-refractivity contribution in [2.45, 2.75) is 245 Å². The predicted molar refractivity (Wildman–Crippen MR) is 313 cm³/mol. The highest BCUT2D eigenvalue weighted by molar-refractivity contribution is 5.40. The third-order valence-electron chi connectivity index (χ3n) is 17.1. The summed E-state index contributed by atoms with van der Waals surface area (Å²) in [5.74, 6) is 6.32. The minimum Gasteiger partial charge on any atom is -0.301 e. The van der Waals surface area contributed by atoms with Gasteiger partial charge in [0.15, 0.2) is 0 Å². The molecule has 5 heteroatoms. The Hall–Kier alpha value is -2.54. The number of fused-ring (bicyclic) bond motifs is 3. The molecule has 2 fully saturated rings. The number of rotatable bonds is 10. The van der Waals surface area contributed by atoms with Crippen molar-refractivity contribution in [1.29, 1.82) is 0 Å². The van der Waals surface area contributed by atoms with Crippen LogP contribution in [0.2, 0.25) is 0 Å². The molecule has 3 unspecified atom stereocenters. The molecule has 0 bridgehead atoms. The number of hydrogen-bond donors (Lipinski definition) is 0. The van der Waals surface area contributed by atoms with Gasteiger partial charge in [-0.15, -0.1) is 0 Å². The summed E-state index contributed by atoms with van der Waals surface area (Å²) in [6.07, 6.45) is 6.55. The van der Waals surface area contributed by atoms with Gasteiger partial charge in [0.25, 0.3) is 0 Å². The normalized spacial score (nSPS) is 21.7. The summed E-state index contributed by atoms with van der Waals surface area (Å²) in [7, 11) is 0. The molecule has 5 aliphatic rings. The molecule has 0 saturated carbocycles. The lowest BCUT2D eigenvalue weighted by atomic mass is 9.82. The van der Waals surface area contributed by atoms with Crippen LogP contribution in [0.15, 0.2) is 60.7 Å². The van der Waals surface area contributed by atoms with E-state index < -0.39 is 0 Å². The molecule has 5 heterocycles. The van der Waals surface area contributed by atoms with Crippen LogP contribution < -0.4 is 0 Å². The largest absolute Gasteiger partial charge is 0.301 e. The van der Waals surface area contributed by atoms with Crippen LogP contribution in [0.4, 0.5) is 0 Å². The van der Waals surface area contributed by atoms with E-state index in [0.717, 1.165) is 74.3 Å². The van der Waals surface area contributed by atoms with Crippen molar-refractivity contribution >= 4 is 0 Å². The zero-order chi connectivity index (χ0) is 53.6. The second-order valence-corrected chi connectivity index (χ2v) is 25.4. The van der Waals surface area contributed by atoms with Gasteiger partial charge in [-0.25, -0.2) is 0 Å². The van der Waals surface area contributed by atoms with Crippen LogP contribution >= 0.6 is 0 Å². The summed E-state index contributed by atoms with van der Waals surface area (Å²) in [5.41, 5.74) is 12.1. The minimum atomic E-state index is -0.0811. The Balaban J connectivity index is 0.000000197. The zero-order valence-corrected chi connectivity index (χ0v) is 50.0. The Bertz CT molecular complexity index is 1960. The van der Waals surface area contributed by atoms with Gasteiger partial charge in [0.1, 0.15) is 0 Å². The number of likely N-dealkylation sites (tertiary alicyclic amines) is 2. The SMILES string of the molecule is CC(C)C1CCCN(C(C)C)C1.CC(C)C1CCN(C(C)C)CC1.CC(C)C1CN(C(C)C)Cc2ccccc21.CC(C)c1cccc2c1CN(C(C)C)C2.[3H]C1Cc2c(cccc2C(C)C)CN1C(C)C. The molecule has 402 valence electrons. The fraction of sp³-hybridized carbons (Fsp3) is 0.727. The van der Waals surface area contributed by atoms with E-state index in [1.54, 1.807) is 11.1 Å². The Labute approximate surface area is 442 Å². The molecular formula is C66H113N5. The molecule has 5 aliphatic heterocycles. The Morgan fingerprint density at radius 3 is 1.39 bits per heavy atom. The van der Waals surface area contributed by atoms with Crippen molar-refractivity contribution in [1.82, 2.24) is 24.5 Å². The molecule has 8 rings (SSSR count). The fourth-order valence-electron chi connectivity index (χ4n) is 11.6. The lowest BCUT2D eigenvalue weighted by Gasteiger charge is -2.38. The van der Waals surface area contributed by atoms with Crippen molar-refractivity contribution in [2.75, 3.05) is 39.2 Å². The van der Waals surface area contributed by atoms with E-state index in [1.807, 2.05) is 0 Å². The van der Waals surface area contributed by atoms with E-state index in [2.05, 4.69) is 224 Å². The van der Waals surface area contributed by atoms with Crippen LogP contribution in [0.5, 0.6) is 0 Å². The molecule has 3 aromatic carbocycles. The van der Waals surface area contributed by atoms with Gasteiger partial charge >= 0.3 is 0 Å². The molecule has 5 nitrogen and oxygen atoms in total. The van der Waals surface area contributed by atoms with Crippen molar-refractivity contribution in [3.8, 4) is 0 Å². The molecular weight excluding hydrogens is 863 g/mol. The molecule has 0 aromatic heterocycles. The Morgan fingerprint density at radius 1 is 0.408 bits per heavy atom. The first-order valence-electron chi connectivity index (χ1n) is 29.9. The highest BCUT2D eigenvalue weighted by Gasteiger charge is 2.29. The van der Waals surface area contributed by atoms with Gasteiger partial charge < -0.3 is 9.80 Å². The van der Waals surface area contributed by atoms with Gasteiger partial charge in [-0.3, -0.25) is 14.7 Å². The number of hydrogen-bond acceptors (Lipinski definition) is 5. The summed E-state index contributed by atoms with van der Waals surface area (Å²) in [5, 5.41) is 0. The monoisotopic (exact) mass is 978 g/mol. The third-order valence-corrected chi connectivity index (χ3v) is 17.1. The highest BCUT2D eigenvalue weighted by Crippen LogP contribution is 2.35. The van der Waals surface area contributed by atoms with E-state index in [-0.39, 0.29) is 6.52 Å². The third kappa shape index (κ3) is 18.4. The van der Waals surface area contributed by atoms with E-state index >= 15 is 0 Å². The summed E-state index contributed by atoms with van der Waals surface area (Å²) < 4.78 is 8.25. The minimum absolute atomic E-state index is 0.0811.